The third kappa shape index (κ3) is 2.67. The largest absolute Gasteiger partial charge is 0.290 e. The molecule has 0 amide bonds. The molecule has 2 aromatic heterocycles. The summed E-state index contributed by atoms with van der Waals surface area (Å²) in [5.74, 6) is 0.242. The normalized spacial score (nSPS) is 14.1. The quantitative estimate of drug-likeness (QED) is 0.516. The van der Waals surface area contributed by atoms with Crippen molar-refractivity contribution >= 4 is 33.3 Å². The van der Waals surface area contributed by atoms with Crippen LogP contribution in [-0.4, -0.2) is 9.55 Å². The summed E-state index contributed by atoms with van der Waals surface area (Å²) in [7, 11) is 1.76. The maximum atomic E-state index is 13.8. The van der Waals surface area contributed by atoms with Crippen LogP contribution in [0.4, 0.5) is 4.39 Å². The molecule has 0 spiro atoms. The number of aryl methyl sites for hydroxylation is 2. The van der Waals surface area contributed by atoms with E-state index in [1.165, 1.54) is 34.7 Å². The number of thioether (sulfide) groups is 1. The van der Waals surface area contributed by atoms with Gasteiger partial charge >= 0.3 is 0 Å². The first-order chi connectivity index (χ1) is 11.6. The Balaban J connectivity index is 1.73. The molecule has 0 bridgehead atoms. The van der Waals surface area contributed by atoms with E-state index < -0.39 is 0 Å². The van der Waals surface area contributed by atoms with Crippen molar-refractivity contribution in [2.45, 2.75) is 36.6 Å². The number of halogens is 1. The van der Waals surface area contributed by atoms with Gasteiger partial charge in [-0.25, -0.2) is 9.37 Å². The van der Waals surface area contributed by atoms with Crippen LogP contribution in [-0.2, 0) is 25.6 Å². The van der Waals surface area contributed by atoms with E-state index in [0.717, 1.165) is 29.5 Å². The Hall–Kier alpha value is -1.66. The second-order valence-corrected chi connectivity index (χ2v) is 8.06. The Morgan fingerprint density at radius 1 is 1.29 bits per heavy atom. The van der Waals surface area contributed by atoms with E-state index in [1.807, 2.05) is 6.07 Å². The molecule has 0 aliphatic heterocycles. The summed E-state index contributed by atoms with van der Waals surface area (Å²) in [5.41, 5.74) is 1.86. The molecule has 2 heterocycles. The van der Waals surface area contributed by atoms with Crippen LogP contribution in [0.2, 0.25) is 0 Å². The lowest BCUT2D eigenvalue weighted by molar-refractivity contribution is 0.617. The summed E-state index contributed by atoms with van der Waals surface area (Å²) in [5, 5.41) is 1.45. The van der Waals surface area contributed by atoms with E-state index in [4.69, 9.17) is 4.98 Å². The van der Waals surface area contributed by atoms with Crippen molar-refractivity contribution < 1.29 is 4.39 Å². The number of nitrogens with zero attached hydrogens (tertiary/aromatic N) is 2. The van der Waals surface area contributed by atoms with Crippen LogP contribution in [0.3, 0.4) is 0 Å². The summed E-state index contributed by atoms with van der Waals surface area (Å²) in [4.78, 5) is 19.7. The highest BCUT2D eigenvalue weighted by molar-refractivity contribution is 7.98. The van der Waals surface area contributed by atoms with E-state index >= 15 is 0 Å². The number of hydrogen-bond donors (Lipinski definition) is 0. The lowest BCUT2D eigenvalue weighted by Crippen LogP contribution is -2.20. The van der Waals surface area contributed by atoms with E-state index in [-0.39, 0.29) is 11.4 Å². The topological polar surface area (TPSA) is 34.9 Å². The summed E-state index contributed by atoms with van der Waals surface area (Å²) < 4.78 is 15.4. The molecule has 0 saturated heterocycles. The van der Waals surface area contributed by atoms with Crippen LogP contribution in [0.25, 0.3) is 10.2 Å². The van der Waals surface area contributed by atoms with Gasteiger partial charge < -0.3 is 0 Å². The zero-order chi connectivity index (χ0) is 16.7. The lowest BCUT2D eigenvalue weighted by Gasteiger charge is -2.11. The van der Waals surface area contributed by atoms with Gasteiger partial charge in [-0.3, -0.25) is 9.36 Å². The first-order valence-corrected chi connectivity index (χ1v) is 9.83. The minimum absolute atomic E-state index is 0.0235. The van der Waals surface area contributed by atoms with Gasteiger partial charge in [-0.15, -0.1) is 11.3 Å². The van der Waals surface area contributed by atoms with Gasteiger partial charge in [-0.2, -0.15) is 0 Å². The molecule has 6 heteroatoms. The van der Waals surface area contributed by atoms with Gasteiger partial charge in [0.15, 0.2) is 5.16 Å². The van der Waals surface area contributed by atoms with E-state index in [0.29, 0.717) is 16.5 Å². The van der Waals surface area contributed by atoms with Crippen molar-refractivity contribution in [2.75, 3.05) is 0 Å². The van der Waals surface area contributed by atoms with Crippen molar-refractivity contribution in [3.05, 3.63) is 56.4 Å². The van der Waals surface area contributed by atoms with Crippen LogP contribution in [0.15, 0.2) is 34.2 Å². The fraction of sp³-hybridized carbons (Fsp3) is 0.333. The molecule has 0 radical (unpaired) electrons. The average molecular weight is 360 g/mol. The minimum atomic E-state index is -0.220. The Labute approximate surface area is 147 Å². The zero-order valence-electron chi connectivity index (χ0n) is 13.3. The van der Waals surface area contributed by atoms with Crippen molar-refractivity contribution in [1.82, 2.24) is 9.55 Å². The molecule has 1 aromatic carbocycles. The Morgan fingerprint density at radius 3 is 2.92 bits per heavy atom. The lowest BCUT2D eigenvalue weighted by atomic mass is 9.97. The SMILES string of the molecule is Cn1c(SCc2ccccc2F)nc2sc3c(c2c1=O)CCCC3. The average Bonchev–Trinajstić information content (AvgIpc) is 2.96. The Bertz CT molecular complexity index is 977. The molecule has 0 fully saturated rings. The number of aromatic nitrogens is 2. The predicted molar refractivity (Wildman–Crippen MR) is 97.5 cm³/mol. The fourth-order valence-corrected chi connectivity index (χ4v) is 5.41. The van der Waals surface area contributed by atoms with E-state index in [1.54, 1.807) is 35.1 Å². The first kappa shape index (κ1) is 15.8. The van der Waals surface area contributed by atoms with Gasteiger partial charge in [0.1, 0.15) is 10.6 Å². The smallest absolute Gasteiger partial charge is 0.262 e. The third-order valence-electron chi connectivity index (χ3n) is 4.47. The number of thiophene rings is 1. The standard InChI is InChI=1S/C18H17FN2OS2/c1-21-17(22)15-12-7-3-5-9-14(12)24-16(15)20-18(21)23-10-11-6-2-4-8-13(11)19/h2,4,6,8H,3,5,7,9-10H2,1H3. The molecule has 124 valence electrons. The number of fused-ring (bicyclic) bond motifs is 3. The van der Waals surface area contributed by atoms with E-state index in [2.05, 4.69) is 0 Å². The molecular weight excluding hydrogens is 343 g/mol. The zero-order valence-corrected chi connectivity index (χ0v) is 15.0. The molecule has 0 N–H and O–H groups in total. The molecule has 0 atom stereocenters. The van der Waals surface area contributed by atoms with Crippen molar-refractivity contribution in [1.29, 1.82) is 0 Å². The maximum Gasteiger partial charge on any atom is 0.262 e. The Morgan fingerprint density at radius 2 is 2.08 bits per heavy atom. The number of rotatable bonds is 3. The molecule has 4 rings (SSSR count). The highest BCUT2D eigenvalue weighted by Crippen LogP contribution is 2.34. The van der Waals surface area contributed by atoms with Gasteiger partial charge in [0.2, 0.25) is 0 Å². The molecule has 3 nitrogen and oxygen atoms in total. The maximum absolute atomic E-state index is 13.8. The van der Waals surface area contributed by atoms with Gasteiger partial charge in [0, 0.05) is 17.7 Å². The Kier molecular flexibility index (Phi) is 4.18. The highest BCUT2D eigenvalue weighted by Gasteiger charge is 2.21. The third-order valence-corrected chi connectivity index (χ3v) is 6.73. The van der Waals surface area contributed by atoms with Crippen molar-refractivity contribution in [3.63, 3.8) is 0 Å². The first-order valence-electron chi connectivity index (χ1n) is 8.02. The van der Waals surface area contributed by atoms with Gasteiger partial charge in [-0.05, 0) is 42.9 Å². The van der Waals surface area contributed by atoms with Crippen molar-refractivity contribution in [3.8, 4) is 0 Å². The van der Waals surface area contributed by atoms with E-state index in [9.17, 15) is 9.18 Å². The second-order valence-electron chi connectivity index (χ2n) is 6.03. The molecule has 1 aliphatic rings. The molecule has 1 aliphatic carbocycles. The molecule has 0 saturated carbocycles. The van der Waals surface area contributed by atoms with Crippen LogP contribution in [0.5, 0.6) is 0 Å². The van der Waals surface area contributed by atoms with Crippen LogP contribution < -0.4 is 5.56 Å². The van der Waals surface area contributed by atoms with Gasteiger partial charge in [0.25, 0.3) is 5.56 Å². The summed E-state index contributed by atoms with van der Waals surface area (Å²) in [6, 6.07) is 6.73. The van der Waals surface area contributed by atoms with Crippen LogP contribution >= 0.6 is 23.1 Å². The minimum Gasteiger partial charge on any atom is -0.290 e. The van der Waals surface area contributed by atoms with Gasteiger partial charge in [-0.1, -0.05) is 30.0 Å². The number of hydrogen-bond acceptors (Lipinski definition) is 4. The second kappa shape index (κ2) is 6.33. The van der Waals surface area contributed by atoms with Crippen molar-refractivity contribution in [2.24, 2.45) is 7.05 Å². The molecule has 3 aromatic rings. The summed E-state index contributed by atoms with van der Waals surface area (Å²) in [6.45, 7) is 0. The summed E-state index contributed by atoms with van der Waals surface area (Å²) >= 11 is 3.06. The molecule has 0 unspecified atom stereocenters. The summed E-state index contributed by atoms with van der Waals surface area (Å²) in [6.07, 6.45) is 4.37. The molecule has 24 heavy (non-hydrogen) atoms. The molecular formula is C18H17FN2OS2. The van der Waals surface area contributed by atoms with Crippen LogP contribution in [0.1, 0.15) is 28.8 Å². The predicted octanol–water partition coefficient (Wildman–Crippen LogP) is 4.31. The number of benzene rings is 1. The van der Waals surface area contributed by atoms with Crippen LogP contribution in [0, 0.1) is 5.82 Å². The fourth-order valence-electron chi connectivity index (χ4n) is 3.15. The van der Waals surface area contributed by atoms with Gasteiger partial charge in [0.05, 0.1) is 5.39 Å². The highest BCUT2D eigenvalue weighted by atomic mass is 32.2. The monoisotopic (exact) mass is 360 g/mol.